The summed E-state index contributed by atoms with van der Waals surface area (Å²) < 4.78 is 6.26. The average Bonchev–Trinajstić information content (AvgIpc) is 3.64. The van der Waals surface area contributed by atoms with E-state index in [0.29, 0.717) is 0 Å². The number of anilines is 3. The zero-order valence-electron chi connectivity index (χ0n) is 27.4. The molecule has 236 valence electrons. The molecular weight excluding hydrogens is 607 g/mol. The zero-order chi connectivity index (χ0) is 33.3. The maximum absolute atomic E-state index is 6.26. The summed E-state index contributed by atoms with van der Waals surface area (Å²) in [6.45, 7) is 0. The summed E-state index contributed by atoms with van der Waals surface area (Å²) in [6.07, 6.45) is 0. The van der Waals surface area contributed by atoms with Crippen LogP contribution in [0.1, 0.15) is 0 Å². The van der Waals surface area contributed by atoms with Crippen molar-refractivity contribution in [1.29, 1.82) is 0 Å². The van der Waals surface area contributed by atoms with E-state index in [-0.39, 0.29) is 0 Å². The van der Waals surface area contributed by atoms with Crippen LogP contribution in [0.15, 0.2) is 205 Å². The molecule has 9 rings (SSSR count). The number of nitrogens with zero attached hydrogens (tertiary/aromatic N) is 1. The lowest BCUT2D eigenvalue weighted by Gasteiger charge is -2.30. The highest BCUT2D eigenvalue weighted by atomic mass is 16.3. The Bertz CT molecular complexity index is 2570. The van der Waals surface area contributed by atoms with E-state index in [1.165, 1.54) is 38.6 Å². The first-order valence-electron chi connectivity index (χ1n) is 17.0. The van der Waals surface area contributed by atoms with Crippen LogP contribution in [-0.2, 0) is 0 Å². The van der Waals surface area contributed by atoms with Crippen LogP contribution in [0.5, 0.6) is 0 Å². The molecule has 2 heteroatoms. The minimum Gasteiger partial charge on any atom is -0.456 e. The van der Waals surface area contributed by atoms with E-state index in [0.717, 1.165) is 44.9 Å². The second-order valence-electron chi connectivity index (χ2n) is 12.5. The van der Waals surface area contributed by atoms with Gasteiger partial charge in [-0.15, -0.1) is 0 Å². The topological polar surface area (TPSA) is 16.4 Å². The van der Waals surface area contributed by atoms with Crippen molar-refractivity contribution >= 4 is 38.8 Å². The Labute approximate surface area is 292 Å². The minimum absolute atomic E-state index is 0.871. The molecule has 2 nitrogen and oxygen atoms in total. The third kappa shape index (κ3) is 5.43. The van der Waals surface area contributed by atoms with Crippen LogP contribution >= 0.6 is 0 Å². The van der Waals surface area contributed by atoms with Crippen LogP contribution in [0.4, 0.5) is 17.1 Å². The van der Waals surface area contributed by atoms with Gasteiger partial charge in [0.25, 0.3) is 0 Å². The van der Waals surface area contributed by atoms with Gasteiger partial charge in [0.15, 0.2) is 0 Å². The van der Waals surface area contributed by atoms with Crippen molar-refractivity contribution in [3.8, 4) is 44.7 Å². The maximum atomic E-state index is 6.26. The Hall–Kier alpha value is -6.64. The molecule has 0 fully saturated rings. The molecule has 0 N–H and O–H groups in total. The van der Waals surface area contributed by atoms with Gasteiger partial charge in [0.2, 0.25) is 0 Å². The standard InChI is InChI=1S/C48H33NO/c1-3-15-34(16-4-1)36-20-14-23-40(32-36)49(45-27-11-10-24-42(45)35-17-5-2-6-18-35)46-30-29-41(43-25-8-9-26-44(43)46)37-21-13-22-38(31-37)48-33-39-19-7-12-28-47(39)50-48/h1-33H. The van der Waals surface area contributed by atoms with Gasteiger partial charge in [0, 0.05) is 27.6 Å². The van der Waals surface area contributed by atoms with Gasteiger partial charge >= 0.3 is 0 Å². The first-order valence-corrected chi connectivity index (χ1v) is 17.0. The van der Waals surface area contributed by atoms with Gasteiger partial charge in [-0.2, -0.15) is 0 Å². The predicted molar refractivity (Wildman–Crippen MR) is 210 cm³/mol. The van der Waals surface area contributed by atoms with E-state index in [1.807, 2.05) is 18.2 Å². The molecule has 8 aromatic carbocycles. The summed E-state index contributed by atoms with van der Waals surface area (Å²) in [4.78, 5) is 2.42. The summed E-state index contributed by atoms with van der Waals surface area (Å²) in [5.74, 6) is 0.871. The molecule has 0 saturated carbocycles. The first-order chi connectivity index (χ1) is 24.8. The van der Waals surface area contributed by atoms with E-state index in [4.69, 9.17) is 4.42 Å². The molecule has 0 aliphatic heterocycles. The van der Waals surface area contributed by atoms with Gasteiger partial charge < -0.3 is 9.32 Å². The summed E-state index contributed by atoms with van der Waals surface area (Å²) >= 11 is 0. The van der Waals surface area contributed by atoms with Crippen molar-refractivity contribution in [2.24, 2.45) is 0 Å². The van der Waals surface area contributed by atoms with Crippen molar-refractivity contribution in [1.82, 2.24) is 0 Å². The first kappa shape index (κ1) is 29.5. The number of hydrogen-bond acceptors (Lipinski definition) is 2. The van der Waals surface area contributed by atoms with Crippen molar-refractivity contribution < 1.29 is 4.42 Å². The van der Waals surface area contributed by atoms with E-state index in [1.54, 1.807) is 0 Å². The molecule has 0 aliphatic rings. The minimum atomic E-state index is 0.871. The zero-order valence-corrected chi connectivity index (χ0v) is 27.4. The highest BCUT2D eigenvalue weighted by Crippen LogP contribution is 2.46. The van der Waals surface area contributed by atoms with E-state index < -0.39 is 0 Å². The molecule has 0 bridgehead atoms. The third-order valence-corrected chi connectivity index (χ3v) is 9.47. The van der Waals surface area contributed by atoms with Gasteiger partial charge in [0.1, 0.15) is 11.3 Å². The molecule has 0 unspecified atom stereocenters. The number of furan rings is 1. The predicted octanol–water partition coefficient (Wildman–Crippen LogP) is 13.7. The molecule has 0 aliphatic carbocycles. The van der Waals surface area contributed by atoms with Crippen molar-refractivity contribution in [3.05, 3.63) is 200 Å². The summed E-state index contributed by atoms with van der Waals surface area (Å²) in [7, 11) is 0. The molecule has 0 saturated heterocycles. The normalized spacial score (nSPS) is 11.2. The molecule has 9 aromatic rings. The average molecular weight is 640 g/mol. The van der Waals surface area contributed by atoms with Crippen molar-refractivity contribution in [2.75, 3.05) is 4.90 Å². The Morgan fingerprint density at radius 1 is 0.340 bits per heavy atom. The molecule has 50 heavy (non-hydrogen) atoms. The van der Waals surface area contributed by atoms with E-state index in [2.05, 4.69) is 187 Å². The quantitative estimate of drug-likeness (QED) is 0.173. The maximum Gasteiger partial charge on any atom is 0.135 e. The fraction of sp³-hybridized carbons (Fsp3) is 0. The van der Waals surface area contributed by atoms with Gasteiger partial charge in [-0.3, -0.25) is 0 Å². The van der Waals surface area contributed by atoms with Gasteiger partial charge in [0.05, 0.1) is 11.4 Å². The van der Waals surface area contributed by atoms with Crippen LogP contribution in [0.3, 0.4) is 0 Å². The number of para-hydroxylation sites is 2. The van der Waals surface area contributed by atoms with Crippen LogP contribution in [-0.4, -0.2) is 0 Å². The van der Waals surface area contributed by atoms with Crippen LogP contribution in [0.25, 0.3) is 66.4 Å². The fourth-order valence-electron chi connectivity index (χ4n) is 7.09. The molecule has 1 aromatic heterocycles. The highest BCUT2D eigenvalue weighted by Gasteiger charge is 2.21. The smallest absolute Gasteiger partial charge is 0.135 e. The summed E-state index contributed by atoms with van der Waals surface area (Å²) in [5.41, 5.74) is 12.3. The van der Waals surface area contributed by atoms with E-state index in [9.17, 15) is 0 Å². The van der Waals surface area contributed by atoms with E-state index >= 15 is 0 Å². The van der Waals surface area contributed by atoms with Gasteiger partial charge in [-0.05, 0) is 75.7 Å². The highest BCUT2D eigenvalue weighted by molar-refractivity contribution is 6.07. The molecule has 0 spiro atoms. The molecule has 0 amide bonds. The molecule has 1 heterocycles. The Morgan fingerprint density at radius 2 is 0.980 bits per heavy atom. The monoisotopic (exact) mass is 639 g/mol. The largest absolute Gasteiger partial charge is 0.456 e. The van der Waals surface area contributed by atoms with Crippen LogP contribution in [0, 0.1) is 0 Å². The number of rotatable bonds is 7. The van der Waals surface area contributed by atoms with Crippen LogP contribution < -0.4 is 4.90 Å². The lowest BCUT2D eigenvalue weighted by molar-refractivity contribution is 0.631. The Kier molecular flexibility index (Phi) is 7.53. The summed E-state index contributed by atoms with van der Waals surface area (Å²) in [6, 6.07) is 71.1. The Balaban J connectivity index is 1.23. The Morgan fingerprint density at radius 3 is 1.82 bits per heavy atom. The SMILES string of the molecule is c1ccc(-c2cccc(N(c3ccccc3-c3ccccc3)c3ccc(-c4cccc(-c5cc6ccccc6o5)c4)c4ccccc34)c2)cc1. The van der Waals surface area contributed by atoms with Gasteiger partial charge in [-0.1, -0.05) is 158 Å². The lowest BCUT2D eigenvalue weighted by atomic mass is 9.94. The number of hydrogen-bond donors (Lipinski definition) is 0. The van der Waals surface area contributed by atoms with Crippen LogP contribution in [0.2, 0.25) is 0 Å². The second-order valence-corrected chi connectivity index (χ2v) is 12.5. The molecule has 0 radical (unpaired) electrons. The number of benzene rings is 8. The van der Waals surface area contributed by atoms with Crippen molar-refractivity contribution in [3.63, 3.8) is 0 Å². The summed E-state index contributed by atoms with van der Waals surface area (Å²) in [5, 5.41) is 3.47. The van der Waals surface area contributed by atoms with Crippen molar-refractivity contribution in [2.45, 2.75) is 0 Å². The third-order valence-electron chi connectivity index (χ3n) is 9.47. The lowest BCUT2D eigenvalue weighted by Crippen LogP contribution is -2.12. The number of fused-ring (bicyclic) bond motifs is 2. The molecule has 0 atom stereocenters. The second kappa shape index (κ2) is 12.8. The fourth-order valence-corrected chi connectivity index (χ4v) is 7.09. The van der Waals surface area contributed by atoms with Gasteiger partial charge in [-0.25, -0.2) is 0 Å². The molecular formula is C48H33NO.